The molecule has 0 aromatic rings. The standard InChI is InChI=1S/4CN.K.Ru/c4*1-2;;/q4*-1;+1;+3. The van der Waals surface area contributed by atoms with Crippen LogP contribution in [0, 0.1) is 47.3 Å². The fourth-order valence-corrected chi connectivity index (χ4v) is 0. The van der Waals surface area contributed by atoms with E-state index in [4.69, 9.17) is 47.3 Å². The van der Waals surface area contributed by atoms with E-state index in [1.54, 1.807) is 0 Å². The van der Waals surface area contributed by atoms with Crippen molar-refractivity contribution in [3.05, 3.63) is 26.3 Å². The zero-order valence-electron chi connectivity index (χ0n) is 5.14. The number of hydrogen-bond acceptors (Lipinski definition) is 4. The van der Waals surface area contributed by atoms with Gasteiger partial charge in [0.15, 0.2) is 0 Å². The molecule has 0 heterocycles. The van der Waals surface area contributed by atoms with Crippen LogP contribution in [0.2, 0.25) is 0 Å². The molecular weight excluding hydrogens is 244 g/mol. The van der Waals surface area contributed by atoms with Crippen LogP contribution in [-0.4, -0.2) is 0 Å². The third-order valence-electron chi connectivity index (χ3n) is 0. The smallest absolute Gasteiger partial charge is 0.512 e. The second-order valence-corrected chi connectivity index (χ2v) is 0. The summed E-state index contributed by atoms with van der Waals surface area (Å²) in [5, 5.41) is 25.0. The summed E-state index contributed by atoms with van der Waals surface area (Å²) in [6.07, 6.45) is 0. The monoisotopic (exact) mass is 245 g/mol. The van der Waals surface area contributed by atoms with E-state index in [0.29, 0.717) is 0 Å². The Labute approximate surface area is 116 Å². The molecule has 0 saturated carbocycles. The van der Waals surface area contributed by atoms with Gasteiger partial charge in [0.2, 0.25) is 0 Å². The topological polar surface area (TPSA) is 95.2 Å². The Morgan fingerprint density at radius 1 is 0.500 bits per heavy atom. The third-order valence-corrected chi connectivity index (χ3v) is 0. The van der Waals surface area contributed by atoms with Gasteiger partial charge in [-0.1, -0.05) is 0 Å². The van der Waals surface area contributed by atoms with Crippen LogP contribution in [0.1, 0.15) is 0 Å². The van der Waals surface area contributed by atoms with Crippen LogP contribution in [0.25, 0.3) is 0 Å². The summed E-state index contributed by atoms with van der Waals surface area (Å²) < 4.78 is 0. The summed E-state index contributed by atoms with van der Waals surface area (Å²) in [5.74, 6) is 0. The summed E-state index contributed by atoms with van der Waals surface area (Å²) in [7, 11) is 0. The molecule has 6 heteroatoms. The van der Waals surface area contributed by atoms with Crippen LogP contribution in [0.5, 0.6) is 0 Å². The molecule has 0 N–H and O–H groups in total. The van der Waals surface area contributed by atoms with E-state index in [2.05, 4.69) is 0 Å². The SMILES string of the molecule is [C-]#N.[C-]#N.[C-]#N.[C-]#N.[K+].[Ru+3]. The predicted octanol–water partition coefficient (Wildman–Crippen LogP) is -2.61. The van der Waals surface area contributed by atoms with Crippen molar-refractivity contribution in [3.63, 3.8) is 0 Å². The molecule has 0 atom stereocenters. The normalized spacial score (nSPS) is 0.800. The van der Waals surface area contributed by atoms with Gasteiger partial charge in [-0.2, -0.15) is 0 Å². The second-order valence-electron chi connectivity index (χ2n) is 0. The van der Waals surface area contributed by atoms with Gasteiger partial charge in [-0.05, 0) is 0 Å². The Hall–Kier alpha value is 0.220. The number of nitrogens with zero attached hydrogens (tertiary/aromatic N) is 4. The minimum atomic E-state index is 0. The predicted molar refractivity (Wildman–Crippen MR) is 19.9 cm³/mol. The van der Waals surface area contributed by atoms with Gasteiger partial charge in [-0.15, -0.1) is 0 Å². The van der Waals surface area contributed by atoms with Crippen molar-refractivity contribution in [1.82, 2.24) is 0 Å². The molecule has 0 aliphatic rings. The Morgan fingerprint density at radius 2 is 0.500 bits per heavy atom. The van der Waals surface area contributed by atoms with Crippen molar-refractivity contribution in [2.24, 2.45) is 0 Å². The molecule has 4 nitrogen and oxygen atoms in total. The van der Waals surface area contributed by atoms with Crippen LogP contribution < -0.4 is 51.4 Å². The van der Waals surface area contributed by atoms with Gasteiger partial charge in [0.05, 0.1) is 0 Å². The summed E-state index contributed by atoms with van der Waals surface area (Å²) in [6, 6.07) is 0. The largest absolute Gasteiger partial charge is 3.00 e. The molecule has 1 radical (unpaired) electrons. The van der Waals surface area contributed by atoms with Crippen LogP contribution >= 0.6 is 0 Å². The molecule has 0 aromatic carbocycles. The zero-order valence-corrected chi connectivity index (χ0v) is 10.0. The van der Waals surface area contributed by atoms with Crippen molar-refractivity contribution < 1.29 is 70.9 Å². The quantitative estimate of drug-likeness (QED) is 0.344. The molecule has 45 valence electrons. The Morgan fingerprint density at radius 3 is 0.500 bits per heavy atom. The Balaban J connectivity index is -0.00000000500. The van der Waals surface area contributed by atoms with Crippen molar-refractivity contribution in [2.75, 3.05) is 0 Å². The van der Waals surface area contributed by atoms with Crippen molar-refractivity contribution in [1.29, 1.82) is 21.0 Å². The minimum absolute atomic E-state index is 0. The molecular formula is C4KN4Ru. The molecule has 0 saturated heterocycles. The van der Waals surface area contributed by atoms with Gasteiger partial charge >= 0.3 is 70.9 Å². The molecule has 0 fully saturated rings. The molecule has 0 aromatic heterocycles. The minimum Gasteiger partial charge on any atom is -0.512 e. The maximum absolute atomic E-state index is 6.25. The van der Waals surface area contributed by atoms with Crippen LogP contribution in [0.15, 0.2) is 0 Å². The first-order valence-corrected chi connectivity index (χ1v) is 0.894. The van der Waals surface area contributed by atoms with E-state index in [9.17, 15) is 0 Å². The van der Waals surface area contributed by atoms with E-state index in [-0.39, 0.29) is 70.9 Å². The maximum atomic E-state index is 6.25. The van der Waals surface area contributed by atoms with Crippen molar-refractivity contribution >= 4 is 0 Å². The van der Waals surface area contributed by atoms with Gasteiger partial charge in [0.1, 0.15) is 0 Å². The van der Waals surface area contributed by atoms with E-state index < -0.39 is 0 Å². The molecule has 0 bridgehead atoms. The van der Waals surface area contributed by atoms with Crippen molar-refractivity contribution in [2.45, 2.75) is 0 Å². The van der Waals surface area contributed by atoms with Gasteiger partial charge < -0.3 is 47.3 Å². The summed E-state index contributed by atoms with van der Waals surface area (Å²) in [5.41, 5.74) is 0. The van der Waals surface area contributed by atoms with Gasteiger partial charge in [0.25, 0.3) is 0 Å². The molecule has 0 rings (SSSR count). The number of rotatable bonds is 0. The van der Waals surface area contributed by atoms with Crippen LogP contribution in [0.4, 0.5) is 0 Å². The summed E-state index contributed by atoms with van der Waals surface area (Å²) in [6.45, 7) is 19.0. The first-order chi connectivity index (χ1) is 4.00. The summed E-state index contributed by atoms with van der Waals surface area (Å²) in [4.78, 5) is 0. The molecule has 10 heavy (non-hydrogen) atoms. The fraction of sp³-hybridized carbons (Fsp3) is 0. The summed E-state index contributed by atoms with van der Waals surface area (Å²) >= 11 is 0. The molecule has 0 unspecified atom stereocenters. The van der Waals surface area contributed by atoms with Gasteiger partial charge in [0, 0.05) is 0 Å². The molecule has 0 aliphatic carbocycles. The van der Waals surface area contributed by atoms with Crippen LogP contribution in [0.3, 0.4) is 0 Å². The first-order valence-electron chi connectivity index (χ1n) is 0.894. The zero-order chi connectivity index (χ0) is 8.00. The average molecular weight is 244 g/mol. The maximum Gasteiger partial charge on any atom is 3.00 e. The Kier molecular flexibility index (Phi) is 62900. The fourth-order valence-electron chi connectivity index (χ4n) is 0. The van der Waals surface area contributed by atoms with E-state index >= 15 is 0 Å². The molecule has 0 amide bonds. The number of hydrogen-bond donors (Lipinski definition) is 0. The molecule has 0 spiro atoms. The first kappa shape index (κ1) is 48.8. The van der Waals surface area contributed by atoms with Crippen molar-refractivity contribution in [3.8, 4) is 0 Å². The van der Waals surface area contributed by atoms with Crippen LogP contribution in [-0.2, 0) is 19.5 Å². The Bertz CT molecular complexity index is 60.2. The van der Waals surface area contributed by atoms with Gasteiger partial charge in [-0.25, -0.2) is 0 Å². The van der Waals surface area contributed by atoms with Gasteiger partial charge in [-0.3, -0.25) is 0 Å². The van der Waals surface area contributed by atoms with E-state index in [1.807, 2.05) is 0 Å². The average Bonchev–Trinajstić information content (AvgIpc) is 2.03. The second kappa shape index (κ2) is 12900. The molecule has 0 aliphatic heterocycles. The third kappa shape index (κ3) is 8870. The van der Waals surface area contributed by atoms with E-state index in [1.165, 1.54) is 0 Å². The van der Waals surface area contributed by atoms with E-state index in [0.717, 1.165) is 0 Å².